The number of rotatable bonds is 3. The second-order valence-corrected chi connectivity index (χ2v) is 9.95. The molecule has 0 aliphatic carbocycles. The molecule has 1 aliphatic heterocycles. The molecule has 2 heterocycles. The van der Waals surface area contributed by atoms with Crippen LogP contribution in [0.25, 0.3) is 11.3 Å². The summed E-state index contributed by atoms with van der Waals surface area (Å²) >= 11 is 1.39. The molecule has 2 amide bonds. The lowest BCUT2D eigenvalue weighted by Crippen LogP contribution is -2.35. The molecule has 1 aromatic heterocycles. The van der Waals surface area contributed by atoms with Crippen molar-refractivity contribution in [3.8, 4) is 11.3 Å². The number of benzene rings is 2. The number of hydrogen-bond acceptors (Lipinski definition) is 5. The molecule has 1 N–H and O–H groups in total. The molecule has 0 spiro atoms. The van der Waals surface area contributed by atoms with E-state index in [4.69, 9.17) is 4.74 Å². The van der Waals surface area contributed by atoms with Gasteiger partial charge in [-0.25, -0.2) is 9.78 Å². The van der Waals surface area contributed by atoms with Gasteiger partial charge in [0.05, 0.1) is 11.4 Å². The van der Waals surface area contributed by atoms with E-state index in [1.807, 2.05) is 70.3 Å². The molecular formula is C25H27N3O3S. The molecule has 0 radical (unpaired) electrons. The van der Waals surface area contributed by atoms with Gasteiger partial charge in [0, 0.05) is 23.1 Å². The Morgan fingerprint density at radius 2 is 1.81 bits per heavy atom. The Kier molecular flexibility index (Phi) is 5.77. The van der Waals surface area contributed by atoms with Crippen LogP contribution < -0.4 is 10.2 Å². The third kappa shape index (κ3) is 4.83. The van der Waals surface area contributed by atoms with Crippen molar-refractivity contribution >= 4 is 34.2 Å². The highest BCUT2D eigenvalue weighted by atomic mass is 32.1. The quantitative estimate of drug-likeness (QED) is 0.534. The topological polar surface area (TPSA) is 71.5 Å². The van der Waals surface area contributed by atoms with E-state index >= 15 is 0 Å². The SMILES string of the molecule is Cc1cc(C)cc(C(=O)Nc2nc(-c3ccc4c(c3)CCN4C(=O)OC(C)(C)C)cs2)c1. The predicted octanol–water partition coefficient (Wildman–Crippen LogP) is 5.98. The molecule has 0 saturated carbocycles. The fourth-order valence-corrected chi connectivity index (χ4v) is 4.52. The standard InChI is InChI=1S/C25H27N3O3S/c1-15-10-16(2)12-19(11-15)22(29)27-23-26-20(14-32-23)17-6-7-21-18(13-17)8-9-28(21)24(30)31-25(3,4)5/h6-7,10-14H,8-9H2,1-5H3,(H,26,27,29). The molecule has 2 aromatic carbocycles. The summed E-state index contributed by atoms with van der Waals surface area (Å²) in [6.07, 6.45) is 0.442. The molecular weight excluding hydrogens is 422 g/mol. The first-order chi connectivity index (χ1) is 15.1. The summed E-state index contributed by atoms with van der Waals surface area (Å²) in [6, 6.07) is 11.7. The third-order valence-corrected chi connectivity index (χ3v) is 5.85. The van der Waals surface area contributed by atoms with Gasteiger partial charge < -0.3 is 4.74 Å². The molecule has 1 aliphatic rings. The molecule has 0 saturated heterocycles. The molecule has 0 fully saturated rings. The highest BCUT2D eigenvalue weighted by molar-refractivity contribution is 7.14. The Hall–Kier alpha value is -3.19. The van der Waals surface area contributed by atoms with Crippen LogP contribution in [-0.2, 0) is 11.2 Å². The lowest BCUT2D eigenvalue weighted by atomic mass is 10.1. The van der Waals surface area contributed by atoms with Gasteiger partial charge in [0.25, 0.3) is 5.91 Å². The Morgan fingerprint density at radius 1 is 1.09 bits per heavy atom. The fourth-order valence-electron chi connectivity index (χ4n) is 3.81. The van der Waals surface area contributed by atoms with Crippen LogP contribution in [0.4, 0.5) is 15.6 Å². The Balaban J connectivity index is 1.49. The number of nitrogens with one attached hydrogen (secondary N) is 1. The third-order valence-electron chi connectivity index (χ3n) is 5.09. The van der Waals surface area contributed by atoms with Crippen molar-refractivity contribution in [2.45, 2.75) is 46.6 Å². The van der Waals surface area contributed by atoms with Crippen molar-refractivity contribution < 1.29 is 14.3 Å². The maximum Gasteiger partial charge on any atom is 0.414 e. The Bertz CT molecular complexity index is 1170. The summed E-state index contributed by atoms with van der Waals surface area (Å²) in [5.74, 6) is -0.167. The molecule has 0 atom stereocenters. The Morgan fingerprint density at radius 3 is 2.50 bits per heavy atom. The monoisotopic (exact) mass is 449 g/mol. The minimum atomic E-state index is -0.529. The summed E-state index contributed by atoms with van der Waals surface area (Å²) in [6.45, 7) is 10.1. The van der Waals surface area contributed by atoms with E-state index in [1.54, 1.807) is 4.90 Å². The van der Waals surface area contributed by atoms with Gasteiger partial charge in [-0.3, -0.25) is 15.0 Å². The number of thiazole rings is 1. The van der Waals surface area contributed by atoms with Crippen molar-refractivity contribution in [3.63, 3.8) is 0 Å². The van der Waals surface area contributed by atoms with Gasteiger partial charge in [0.1, 0.15) is 5.60 Å². The van der Waals surface area contributed by atoms with Crippen molar-refractivity contribution in [3.05, 3.63) is 64.0 Å². The highest BCUT2D eigenvalue weighted by Crippen LogP contribution is 2.34. The molecule has 0 unspecified atom stereocenters. The van der Waals surface area contributed by atoms with Crippen LogP contribution in [0.1, 0.15) is 47.8 Å². The second-order valence-electron chi connectivity index (χ2n) is 9.09. The van der Waals surface area contributed by atoms with Crippen LogP contribution in [-0.4, -0.2) is 29.1 Å². The van der Waals surface area contributed by atoms with Crippen molar-refractivity contribution in [2.24, 2.45) is 0 Å². The molecule has 3 aromatic rings. The van der Waals surface area contributed by atoms with Crippen LogP contribution in [0.15, 0.2) is 41.8 Å². The van der Waals surface area contributed by atoms with Crippen molar-refractivity contribution in [1.29, 1.82) is 0 Å². The number of anilines is 2. The fraction of sp³-hybridized carbons (Fsp3) is 0.320. The van der Waals surface area contributed by atoms with Gasteiger partial charge in [0.2, 0.25) is 0 Å². The number of nitrogens with zero attached hydrogens (tertiary/aromatic N) is 2. The summed E-state index contributed by atoms with van der Waals surface area (Å²) in [5.41, 5.74) is 5.91. The lowest BCUT2D eigenvalue weighted by molar-refractivity contribution is 0.0584. The van der Waals surface area contributed by atoms with E-state index in [1.165, 1.54) is 11.3 Å². The minimum absolute atomic E-state index is 0.167. The van der Waals surface area contributed by atoms with E-state index in [9.17, 15) is 9.59 Å². The smallest absolute Gasteiger partial charge is 0.414 e. The molecule has 166 valence electrons. The van der Waals surface area contributed by atoms with E-state index in [0.29, 0.717) is 17.2 Å². The van der Waals surface area contributed by atoms with E-state index < -0.39 is 5.60 Å². The Labute approximate surface area is 192 Å². The number of aryl methyl sites for hydroxylation is 2. The number of fused-ring (bicyclic) bond motifs is 1. The first kappa shape index (κ1) is 22.0. The van der Waals surface area contributed by atoms with Gasteiger partial charge in [-0.05, 0) is 70.9 Å². The van der Waals surface area contributed by atoms with Gasteiger partial charge in [0.15, 0.2) is 5.13 Å². The van der Waals surface area contributed by atoms with Crippen molar-refractivity contribution in [1.82, 2.24) is 4.98 Å². The summed E-state index contributed by atoms with van der Waals surface area (Å²) < 4.78 is 5.52. The number of amides is 2. The van der Waals surface area contributed by atoms with Crippen LogP contribution in [0.3, 0.4) is 0 Å². The summed E-state index contributed by atoms with van der Waals surface area (Å²) in [4.78, 5) is 31.4. The van der Waals surface area contributed by atoms with E-state index in [2.05, 4.69) is 16.4 Å². The first-order valence-corrected chi connectivity index (χ1v) is 11.5. The second kappa shape index (κ2) is 8.39. The summed E-state index contributed by atoms with van der Waals surface area (Å²) in [5, 5.41) is 5.38. The number of carbonyl (C=O) groups is 2. The zero-order chi connectivity index (χ0) is 23.0. The van der Waals surface area contributed by atoms with Crippen LogP contribution >= 0.6 is 11.3 Å². The first-order valence-electron chi connectivity index (χ1n) is 10.6. The van der Waals surface area contributed by atoms with Crippen molar-refractivity contribution in [2.75, 3.05) is 16.8 Å². The van der Waals surface area contributed by atoms with Crippen LogP contribution in [0.5, 0.6) is 0 Å². The minimum Gasteiger partial charge on any atom is -0.443 e. The number of ether oxygens (including phenoxy) is 1. The molecule has 7 heteroatoms. The maximum absolute atomic E-state index is 12.6. The average molecular weight is 450 g/mol. The lowest BCUT2D eigenvalue weighted by Gasteiger charge is -2.24. The van der Waals surface area contributed by atoms with Crippen LogP contribution in [0.2, 0.25) is 0 Å². The summed E-state index contributed by atoms with van der Waals surface area (Å²) in [7, 11) is 0. The number of carbonyl (C=O) groups excluding carboxylic acids is 2. The molecule has 0 bridgehead atoms. The van der Waals surface area contributed by atoms with Crippen LogP contribution in [0, 0.1) is 13.8 Å². The molecule has 32 heavy (non-hydrogen) atoms. The van der Waals surface area contributed by atoms with Gasteiger partial charge in [-0.1, -0.05) is 23.3 Å². The number of aromatic nitrogens is 1. The zero-order valence-electron chi connectivity index (χ0n) is 19.0. The molecule has 6 nitrogen and oxygen atoms in total. The van der Waals surface area contributed by atoms with E-state index in [0.717, 1.165) is 40.1 Å². The van der Waals surface area contributed by atoms with Gasteiger partial charge in [-0.2, -0.15) is 0 Å². The average Bonchev–Trinajstić information content (AvgIpc) is 3.32. The van der Waals surface area contributed by atoms with Gasteiger partial charge in [-0.15, -0.1) is 11.3 Å². The highest BCUT2D eigenvalue weighted by Gasteiger charge is 2.29. The number of hydrogen-bond donors (Lipinski definition) is 1. The molecule has 4 rings (SSSR count). The largest absolute Gasteiger partial charge is 0.443 e. The predicted molar refractivity (Wildman–Crippen MR) is 129 cm³/mol. The normalized spacial score (nSPS) is 13.1. The van der Waals surface area contributed by atoms with Gasteiger partial charge >= 0.3 is 6.09 Å². The zero-order valence-corrected chi connectivity index (χ0v) is 19.8. The van der Waals surface area contributed by atoms with E-state index in [-0.39, 0.29) is 12.0 Å². The maximum atomic E-state index is 12.6.